The number of ether oxygens (including phenoxy) is 1. The van der Waals surface area contributed by atoms with Gasteiger partial charge in [-0.2, -0.15) is 17.7 Å². The van der Waals surface area contributed by atoms with Crippen molar-refractivity contribution < 1.29 is 22.4 Å². The van der Waals surface area contributed by atoms with E-state index >= 15 is 0 Å². The Morgan fingerprint density at radius 3 is 2.26 bits per heavy atom. The van der Waals surface area contributed by atoms with Crippen LogP contribution >= 0.6 is 0 Å². The fourth-order valence-electron chi connectivity index (χ4n) is 3.49. The Kier molecular flexibility index (Phi) is 7.79. The summed E-state index contributed by atoms with van der Waals surface area (Å²) in [4.78, 5) is 7.98. The summed E-state index contributed by atoms with van der Waals surface area (Å²) in [5.41, 5.74) is 14.0. The monoisotopic (exact) mass is 487 g/mol. The zero-order valence-electron chi connectivity index (χ0n) is 19.4. The summed E-state index contributed by atoms with van der Waals surface area (Å²) in [6.45, 7) is 6.14. The number of phenolic OH excluding ortho intramolecular Hbond substituents is 1. The lowest BCUT2D eigenvalue weighted by Gasteiger charge is -2.22. The van der Waals surface area contributed by atoms with Crippen molar-refractivity contribution in [2.75, 3.05) is 31.2 Å². The number of hydrogen-bond acceptors (Lipinski definition) is 9. The maximum Gasteiger partial charge on any atom is 0.385 e. The molecule has 0 atom stereocenters. The first-order valence-corrected chi connectivity index (χ1v) is 12.2. The molecule has 1 heterocycles. The first-order valence-electron chi connectivity index (χ1n) is 10.8. The molecule has 0 aliphatic rings. The minimum absolute atomic E-state index is 0.0632. The van der Waals surface area contributed by atoms with Crippen LogP contribution in [0.1, 0.15) is 31.9 Å². The standard InChI is InChI=1S/C23H29N5O5S/c1-4-28(5-2)34(30,31)33-20-13-15(11-17-14-26-23(25)27-22(17)24)12-19(32-6-3)21(20)16-7-9-18(29)10-8-16/h7-10,12-14,29H,4-6,11H2,1-3H3,(H4,24,25,26,27). The number of aromatic nitrogens is 2. The quantitative estimate of drug-likeness (QED) is 0.391. The van der Waals surface area contributed by atoms with Gasteiger partial charge in [-0.15, -0.1) is 0 Å². The zero-order valence-corrected chi connectivity index (χ0v) is 20.2. The summed E-state index contributed by atoms with van der Waals surface area (Å²) < 4.78 is 38.7. The molecule has 2 aromatic carbocycles. The third kappa shape index (κ3) is 5.67. The van der Waals surface area contributed by atoms with Crippen LogP contribution in [0.15, 0.2) is 42.6 Å². The smallest absolute Gasteiger partial charge is 0.385 e. The lowest BCUT2D eigenvalue weighted by atomic mass is 9.98. The van der Waals surface area contributed by atoms with Crippen molar-refractivity contribution in [3.05, 3.63) is 53.7 Å². The van der Waals surface area contributed by atoms with Crippen LogP contribution in [-0.2, 0) is 16.7 Å². The van der Waals surface area contributed by atoms with Gasteiger partial charge in [0, 0.05) is 31.3 Å². The highest BCUT2D eigenvalue weighted by atomic mass is 32.2. The van der Waals surface area contributed by atoms with Crippen molar-refractivity contribution in [3.8, 4) is 28.4 Å². The van der Waals surface area contributed by atoms with E-state index in [0.29, 0.717) is 41.0 Å². The first-order chi connectivity index (χ1) is 16.2. The van der Waals surface area contributed by atoms with E-state index in [2.05, 4.69) is 9.97 Å². The third-order valence-electron chi connectivity index (χ3n) is 5.11. The van der Waals surface area contributed by atoms with Crippen LogP contribution in [0.4, 0.5) is 11.8 Å². The molecule has 0 saturated heterocycles. The van der Waals surface area contributed by atoms with E-state index in [0.717, 1.165) is 0 Å². The molecule has 0 bridgehead atoms. The lowest BCUT2D eigenvalue weighted by Crippen LogP contribution is -2.34. The normalized spacial score (nSPS) is 11.5. The minimum atomic E-state index is -4.09. The van der Waals surface area contributed by atoms with Crippen LogP contribution < -0.4 is 20.4 Å². The molecule has 3 rings (SSSR count). The maximum atomic E-state index is 13.0. The molecule has 0 spiro atoms. The van der Waals surface area contributed by atoms with E-state index < -0.39 is 10.3 Å². The molecule has 182 valence electrons. The summed E-state index contributed by atoms with van der Waals surface area (Å²) in [5.74, 6) is 0.883. The topological polar surface area (TPSA) is 154 Å². The molecule has 11 heteroatoms. The van der Waals surface area contributed by atoms with Gasteiger partial charge in [-0.1, -0.05) is 26.0 Å². The summed E-state index contributed by atoms with van der Waals surface area (Å²) in [7, 11) is -4.09. The molecular formula is C23H29N5O5S. The van der Waals surface area contributed by atoms with E-state index in [-0.39, 0.29) is 36.4 Å². The largest absolute Gasteiger partial charge is 0.508 e. The molecule has 1 aromatic heterocycles. The predicted molar refractivity (Wildman–Crippen MR) is 131 cm³/mol. The highest BCUT2D eigenvalue weighted by molar-refractivity contribution is 7.84. The van der Waals surface area contributed by atoms with Crippen molar-refractivity contribution in [1.29, 1.82) is 0 Å². The molecule has 34 heavy (non-hydrogen) atoms. The molecule has 10 nitrogen and oxygen atoms in total. The molecule has 0 aliphatic heterocycles. The minimum Gasteiger partial charge on any atom is -0.508 e. The van der Waals surface area contributed by atoms with E-state index in [4.69, 9.17) is 20.4 Å². The first kappa shape index (κ1) is 25.1. The second kappa shape index (κ2) is 10.6. The predicted octanol–water partition coefficient (Wildman–Crippen LogP) is 2.97. The third-order valence-corrected chi connectivity index (χ3v) is 6.65. The van der Waals surface area contributed by atoms with Gasteiger partial charge in [-0.3, -0.25) is 0 Å². The fourth-order valence-corrected chi connectivity index (χ4v) is 4.59. The number of anilines is 2. The second-order valence-electron chi connectivity index (χ2n) is 7.39. The molecule has 0 unspecified atom stereocenters. The van der Waals surface area contributed by atoms with Gasteiger partial charge in [-0.25, -0.2) is 4.98 Å². The molecule has 0 aliphatic carbocycles. The summed E-state index contributed by atoms with van der Waals surface area (Å²) >= 11 is 0. The average molecular weight is 488 g/mol. The van der Waals surface area contributed by atoms with E-state index in [1.165, 1.54) is 22.6 Å². The van der Waals surface area contributed by atoms with Crippen molar-refractivity contribution in [3.63, 3.8) is 0 Å². The number of phenols is 1. The number of benzene rings is 2. The number of nitrogens with two attached hydrogens (primary N) is 2. The van der Waals surface area contributed by atoms with Crippen molar-refractivity contribution in [2.24, 2.45) is 0 Å². The van der Waals surface area contributed by atoms with Crippen LogP contribution in [0.2, 0.25) is 0 Å². The summed E-state index contributed by atoms with van der Waals surface area (Å²) in [6, 6.07) is 9.76. The summed E-state index contributed by atoms with van der Waals surface area (Å²) in [5, 5.41) is 9.72. The van der Waals surface area contributed by atoms with E-state index in [1.54, 1.807) is 38.1 Å². The van der Waals surface area contributed by atoms with Gasteiger partial charge < -0.3 is 25.5 Å². The van der Waals surface area contributed by atoms with Crippen molar-refractivity contribution in [2.45, 2.75) is 27.2 Å². The number of nitrogen functional groups attached to an aromatic ring is 2. The Bertz CT molecular complexity index is 1250. The Balaban J connectivity index is 2.19. The number of hydrogen-bond donors (Lipinski definition) is 3. The van der Waals surface area contributed by atoms with Gasteiger partial charge >= 0.3 is 10.3 Å². The van der Waals surface area contributed by atoms with Gasteiger partial charge in [0.1, 0.15) is 17.3 Å². The van der Waals surface area contributed by atoms with Gasteiger partial charge in [0.25, 0.3) is 0 Å². The van der Waals surface area contributed by atoms with Crippen molar-refractivity contribution >= 4 is 22.1 Å². The van der Waals surface area contributed by atoms with Gasteiger partial charge in [-0.05, 0) is 42.3 Å². The molecule has 0 amide bonds. The average Bonchev–Trinajstić information content (AvgIpc) is 2.77. The maximum absolute atomic E-state index is 13.0. The van der Waals surface area contributed by atoms with Gasteiger partial charge in [0.2, 0.25) is 5.95 Å². The van der Waals surface area contributed by atoms with Gasteiger partial charge in [0.15, 0.2) is 5.75 Å². The van der Waals surface area contributed by atoms with Crippen LogP contribution in [-0.4, -0.2) is 47.5 Å². The van der Waals surface area contributed by atoms with Crippen LogP contribution in [0.25, 0.3) is 11.1 Å². The number of nitrogens with zero attached hydrogens (tertiary/aromatic N) is 3. The Labute approximate surface area is 199 Å². The fraction of sp³-hybridized carbons (Fsp3) is 0.304. The van der Waals surface area contributed by atoms with E-state index in [1.807, 2.05) is 6.92 Å². The molecular weight excluding hydrogens is 458 g/mol. The molecule has 0 fully saturated rings. The van der Waals surface area contributed by atoms with Crippen LogP contribution in [0.5, 0.6) is 17.2 Å². The highest BCUT2D eigenvalue weighted by Gasteiger charge is 2.25. The van der Waals surface area contributed by atoms with Crippen LogP contribution in [0, 0.1) is 0 Å². The Morgan fingerprint density at radius 2 is 1.68 bits per heavy atom. The number of rotatable bonds is 10. The van der Waals surface area contributed by atoms with Crippen molar-refractivity contribution in [1.82, 2.24) is 14.3 Å². The second-order valence-corrected chi connectivity index (χ2v) is 8.93. The lowest BCUT2D eigenvalue weighted by molar-refractivity contribution is 0.339. The van der Waals surface area contributed by atoms with E-state index in [9.17, 15) is 13.5 Å². The molecule has 3 aromatic rings. The Morgan fingerprint density at radius 1 is 1.03 bits per heavy atom. The molecule has 5 N–H and O–H groups in total. The van der Waals surface area contributed by atoms with Crippen LogP contribution in [0.3, 0.4) is 0 Å². The molecule has 0 saturated carbocycles. The number of aromatic hydroxyl groups is 1. The SMILES string of the molecule is CCOc1cc(Cc2cnc(N)nc2N)cc(OS(=O)(=O)N(CC)CC)c1-c1ccc(O)cc1. The Hall–Kier alpha value is -3.57. The van der Waals surface area contributed by atoms with Gasteiger partial charge in [0.05, 0.1) is 12.2 Å². The molecule has 0 radical (unpaired) electrons. The summed E-state index contributed by atoms with van der Waals surface area (Å²) in [6.07, 6.45) is 1.82. The highest BCUT2D eigenvalue weighted by Crippen LogP contribution is 2.42. The zero-order chi connectivity index (χ0) is 24.9.